The zero-order chi connectivity index (χ0) is 13.1. The van der Waals surface area contributed by atoms with Gasteiger partial charge < -0.3 is 5.32 Å². The van der Waals surface area contributed by atoms with Gasteiger partial charge in [-0.2, -0.15) is 0 Å². The van der Waals surface area contributed by atoms with Crippen LogP contribution in [0.2, 0.25) is 0 Å². The van der Waals surface area contributed by atoms with Crippen molar-refractivity contribution in [3.05, 3.63) is 29.8 Å². The summed E-state index contributed by atoms with van der Waals surface area (Å²) < 4.78 is 1.10. The van der Waals surface area contributed by atoms with Crippen molar-refractivity contribution < 1.29 is 0 Å². The molecule has 2 heterocycles. The number of aromatic nitrogens is 2. The van der Waals surface area contributed by atoms with Crippen LogP contribution in [0.25, 0.3) is 10.6 Å². The lowest BCUT2D eigenvalue weighted by atomic mass is 10.2. The highest BCUT2D eigenvalue weighted by Crippen LogP contribution is 2.34. The largest absolute Gasteiger partial charge is 0.317 e. The third-order valence-electron chi connectivity index (χ3n) is 3.26. The minimum absolute atomic E-state index is 0. The maximum atomic E-state index is 4.32. The smallest absolute Gasteiger partial charge is 0.174 e. The first-order valence-electron chi connectivity index (χ1n) is 6.59. The molecule has 20 heavy (non-hydrogen) atoms. The topological polar surface area (TPSA) is 37.8 Å². The first-order chi connectivity index (χ1) is 9.31. The van der Waals surface area contributed by atoms with Gasteiger partial charge in [0, 0.05) is 10.8 Å². The average Bonchev–Trinajstić information content (AvgIpc) is 2.89. The molecule has 0 aliphatic carbocycles. The van der Waals surface area contributed by atoms with Crippen molar-refractivity contribution in [3.63, 3.8) is 0 Å². The summed E-state index contributed by atoms with van der Waals surface area (Å²) in [6.45, 7) is 4.35. The number of piperidine rings is 1. The number of thioether (sulfide) groups is 1. The lowest BCUT2D eigenvalue weighted by Gasteiger charge is -2.20. The minimum atomic E-state index is 0. The molecule has 0 saturated carbocycles. The Bertz CT molecular complexity index is 536. The van der Waals surface area contributed by atoms with Crippen LogP contribution in [0.1, 0.15) is 18.4 Å². The summed E-state index contributed by atoms with van der Waals surface area (Å²) in [4.78, 5) is 0. The Balaban J connectivity index is 0.00000147. The molecule has 2 aromatic rings. The van der Waals surface area contributed by atoms with Crippen LogP contribution < -0.4 is 5.32 Å². The van der Waals surface area contributed by atoms with Crippen LogP contribution >= 0.6 is 35.5 Å². The highest BCUT2D eigenvalue weighted by Gasteiger charge is 2.17. The highest BCUT2D eigenvalue weighted by molar-refractivity contribution is 8.01. The van der Waals surface area contributed by atoms with E-state index < -0.39 is 0 Å². The molecule has 1 aromatic heterocycles. The number of aryl methyl sites for hydroxylation is 1. The fourth-order valence-corrected chi connectivity index (χ4v) is 4.39. The van der Waals surface area contributed by atoms with Crippen LogP contribution in [0.4, 0.5) is 0 Å². The first kappa shape index (κ1) is 15.8. The lowest BCUT2D eigenvalue weighted by Crippen LogP contribution is -2.29. The molecule has 1 aliphatic heterocycles. The number of nitrogens with one attached hydrogen (secondary N) is 1. The van der Waals surface area contributed by atoms with E-state index in [-0.39, 0.29) is 12.4 Å². The predicted octanol–water partition coefficient (Wildman–Crippen LogP) is 3.78. The third-order valence-corrected chi connectivity index (χ3v) is 5.65. The van der Waals surface area contributed by atoms with Crippen molar-refractivity contribution in [2.75, 3.05) is 13.1 Å². The Hall–Kier alpha value is -0.620. The van der Waals surface area contributed by atoms with Crippen LogP contribution in [0.5, 0.6) is 0 Å². The van der Waals surface area contributed by atoms with Crippen LogP contribution in [0.15, 0.2) is 28.6 Å². The Kier molecular flexibility index (Phi) is 5.84. The minimum Gasteiger partial charge on any atom is -0.317 e. The number of benzene rings is 1. The van der Waals surface area contributed by atoms with Gasteiger partial charge in [0.15, 0.2) is 4.34 Å². The SMILES string of the molecule is Cc1ccc(-c2nnc(SC3CCNCC3)s2)cc1.Cl. The van der Waals surface area contributed by atoms with Crippen molar-refractivity contribution in [3.8, 4) is 10.6 Å². The van der Waals surface area contributed by atoms with Gasteiger partial charge in [-0.25, -0.2) is 0 Å². The number of nitrogens with zero attached hydrogens (tertiary/aromatic N) is 2. The van der Waals surface area contributed by atoms with E-state index in [4.69, 9.17) is 0 Å². The van der Waals surface area contributed by atoms with Crippen LogP contribution in [0, 0.1) is 6.92 Å². The average molecular weight is 328 g/mol. The molecule has 1 saturated heterocycles. The molecule has 1 aromatic carbocycles. The maximum Gasteiger partial charge on any atom is 0.174 e. The van der Waals surface area contributed by atoms with Gasteiger partial charge in [0.2, 0.25) is 0 Å². The number of hydrogen-bond donors (Lipinski definition) is 1. The molecule has 3 rings (SSSR count). The van der Waals surface area contributed by atoms with Gasteiger partial charge >= 0.3 is 0 Å². The standard InChI is InChI=1S/C14H17N3S2.ClH/c1-10-2-4-11(5-3-10)13-16-17-14(19-13)18-12-6-8-15-9-7-12;/h2-5,12,15H,6-9H2,1H3;1H. The van der Waals surface area contributed by atoms with Crippen molar-refractivity contribution in [2.45, 2.75) is 29.4 Å². The molecular formula is C14H18ClN3S2. The zero-order valence-corrected chi connectivity index (χ0v) is 13.8. The van der Waals surface area contributed by atoms with E-state index in [1.807, 2.05) is 11.8 Å². The van der Waals surface area contributed by atoms with Gasteiger partial charge in [0.05, 0.1) is 0 Å². The molecule has 108 valence electrons. The number of hydrogen-bond acceptors (Lipinski definition) is 5. The molecule has 6 heteroatoms. The van der Waals surface area contributed by atoms with Crippen molar-refractivity contribution in [2.24, 2.45) is 0 Å². The molecule has 1 fully saturated rings. The Labute approximate surface area is 134 Å². The van der Waals surface area contributed by atoms with Gasteiger partial charge in [-0.05, 0) is 32.9 Å². The molecule has 0 spiro atoms. The fraction of sp³-hybridized carbons (Fsp3) is 0.429. The van der Waals surface area contributed by atoms with Gasteiger partial charge in [-0.1, -0.05) is 52.9 Å². The number of halogens is 1. The second kappa shape index (κ2) is 7.41. The normalized spacial score (nSPS) is 15.8. The van der Waals surface area contributed by atoms with Crippen LogP contribution in [0.3, 0.4) is 0 Å². The Morgan fingerprint density at radius 1 is 1.15 bits per heavy atom. The summed E-state index contributed by atoms with van der Waals surface area (Å²) in [6.07, 6.45) is 2.45. The van der Waals surface area contributed by atoms with E-state index in [1.165, 1.54) is 24.0 Å². The van der Waals surface area contributed by atoms with Gasteiger partial charge in [-0.3, -0.25) is 0 Å². The summed E-state index contributed by atoms with van der Waals surface area (Å²) in [6, 6.07) is 8.48. The predicted molar refractivity (Wildman–Crippen MR) is 89.1 cm³/mol. The van der Waals surface area contributed by atoms with Crippen molar-refractivity contribution in [1.29, 1.82) is 0 Å². The highest BCUT2D eigenvalue weighted by atomic mass is 35.5. The second-order valence-corrected chi connectivity index (χ2v) is 7.33. The van der Waals surface area contributed by atoms with E-state index >= 15 is 0 Å². The Morgan fingerprint density at radius 3 is 2.55 bits per heavy atom. The van der Waals surface area contributed by atoms with E-state index in [0.29, 0.717) is 5.25 Å². The molecule has 0 atom stereocenters. The molecular weight excluding hydrogens is 310 g/mol. The molecule has 0 unspecified atom stereocenters. The van der Waals surface area contributed by atoms with E-state index in [9.17, 15) is 0 Å². The number of rotatable bonds is 3. The van der Waals surface area contributed by atoms with E-state index in [0.717, 1.165) is 22.4 Å². The van der Waals surface area contributed by atoms with Crippen molar-refractivity contribution in [1.82, 2.24) is 15.5 Å². The van der Waals surface area contributed by atoms with Crippen LogP contribution in [-0.4, -0.2) is 28.5 Å². The first-order valence-corrected chi connectivity index (χ1v) is 8.29. The summed E-state index contributed by atoms with van der Waals surface area (Å²) in [5.74, 6) is 0. The van der Waals surface area contributed by atoms with Gasteiger partial charge in [0.25, 0.3) is 0 Å². The third kappa shape index (κ3) is 3.95. The summed E-state index contributed by atoms with van der Waals surface area (Å²) in [7, 11) is 0. The summed E-state index contributed by atoms with van der Waals surface area (Å²) in [5.41, 5.74) is 2.44. The molecule has 0 radical (unpaired) electrons. The quantitative estimate of drug-likeness (QED) is 0.931. The molecule has 3 nitrogen and oxygen atoms in total. The maximum absolute atomic E-state index is 4.32. The molecule has 1 N–H and O–H groups in total. The molecule has 0 bridgehead atoms. The van der Waals surface area contributed by atoms with E-state index in [1.54, 1.807) is 11.3 Å². The van der Waals surface area contributed by atoms with Gasteiger partial charge in [0.1, 0.15) is 5.01 Å². The van der Waals surface area contributed by atoms with Crippen molar-refractivity contribution >= 4 is 35.5 Å². The Morgan fingerprint density at radius 2 is 1.85 bits per heavy atom. The zero-order valence-electron chi connectivity index (χ0n) is 11.3. The summed E-state index contributed by atoms with van der Waals surface area (Å²) in [5, 5.41) is 13.7. The van der Waals surface area contributed by atoms with Gasteiger partial charge in [-0.15, -0.1) is 22.6 Å². The lowest BCUT2D eigenvalue weighted by molar-refractivity contribution is 0.531. The van der Waals surface area contributed by atoms with E-state index in [2.05, 4.69) is 46.7 Å². The fourth-order valence-electron chi connectivity index (χ4n) is 2.13. The van der Waals surface area contributed by atoms with Crippen LogP contribution in [-0.2, 0) is 0 Å². The summed E-state index contributed by atoms with van der Waals surface area (Å²) >= 11 is 3.59. The molecule has 0 amide bonds. The second-order valence-electron chi connectivity index (χ2n) is 4.81. The molecule has 1 aliphatic rings. The monoisotopic (exact) mass is 327 g/mol.